The second kappa shape index (κ2) is 6.44. The van der Waals surface area contributed by atoms with Crippen molar-refractivity contribution in [1.82, 2.24) is 0 Å². The van der Waals surface area contributed by atoms with Crippen LogP contribution < -0.4 is 4.90 Å². The average Bonchev–Trinajstić information content (AvgIpc) is 2.77. The SMILES string of the molecule is CC(=O)SCC1CC(=O)N(c2ccc([N+](=O)[O-])c(Cl)c2)C1. The molecule has 0 N–H and O–H groups in total. The fourth-order valence-corrected chi connectivity index (χ4v) is 3.13. The molecule has 21 heavy (non-hydrogen) atoms. The first-order chi connectivity index (χ1) is 9.88. The third-order valence-corrected chi connectivity index (χ3v) is 4.51. The van der Waals surface area contributed by atoms with Gasteiger partial charge in [-0.3, -0.25) is 19.7 Å². The third kappa shape index (κ3) is 3.74. The molecule has 6 nitrogen and oxygen atoms in total. The van der Waals surface area contributed by atoms with Gasteiger partial charge >= 0.3 is 0 Å². The summed E-state index contributed by atoms with van der Waals surface area (Å²) in [6, 6.07) is 4.24. The standard InChI is InChI=1S/C13H13ClN2O4S/c1-8(17)21-7-9-4-13(18)15(6-9)10-2-3-12(16(19)20)11(14)5-10/h2-3,5,9H,4,6-7H2,1H3. The Kier molecular flexibility index (Phi) is 4.84. The summed E-state index contributed by atoms with van der Waals surface area (Å²) >= 11 is 7.07. The van der Waals surface area contributed by atoms with Crippen LogP contribution >= 0.6 is 23.4 Å². The van der Waals surface area contributed by atoms with Crippen LogP contribution in [0.15, 0.2) is 18.2 Å². The molecule has 112 valence electrons. The summed E-state index contributed by atoms with van der Waals surface area (Å²) < 4.78 is 0. The molecular weight excluding hydrogens is 316 g/mol. The van der Waals surface area contributed by atoms with E-state index < -0.39 is 4.92 Å². The summed E-state index contributed by atoms with van der Waals surface area (Å²) in [6.45, 7) is 1.99. The van der Waals surface area contributed by atoms with Crippen LogP contribution in [0.25, 0.3) is 0 Å². The molecule has 0 saturated carbocycles. The van der Waals surface area contributed by atoms with Crippen molar-refractivity contribution in [3.63, 3.8) is 0 Å². The summed E-state index contributed by atoms with van der Waals surface area (Å²) in [5.41, 5.74) is 0.363. The van der Waals surface area contributed by atoms with Crippen molar-refractivity contribution in [3.05, 3.63) is 33.3 Å². The zero-order chi connectivity index (χ0) is 15.6. The normalized spacial score (nSPS) is 18.1. The van der Waals surface area contributed by atoms with E-state index in [2.05, 4.69) is 0 Å². The molecule has 1 saturated heterocycles. The van der Waals surface area contributed by atoms with Gasteiger partial charge in [-0.25, -0.2) is 0 Å². The number of nitrogens with zero attached hydrogens (tertiary/aromatic N) is 2. The fraction of sp³-hybridized carbons (Fsp3) is 0.385. The molecule has 1 fully saturated rings. The molecule has 1 aromatic rings. The van der Waals surface area contributed by atoms with Gasteiger partial charge in [0.1, 0.15) is 5.02 Å². The van der Waals surface area contributed by atoms with E-state index in [0.29, 0.717) is 24.4 Å². The monoisotopic (exact) mass is 328 g/mol. The number of halogens is 1. The molecule has 0 aromatic heterocycles. The van der Waals surface area contributed by atoms with E-state index in [1.165, 1.54) is 36.9 Å². The maximum Gasteiger partial charge on any atom is 0.288 e. The Balaban J connectivity index is 2.12. The van der Waals surface area contributed by atoms with E-state index in [0.717, 1.165) is 0 Å². The summed E-state index contributed by atoms with van der Waals surface area (Å²) in [4.78, 5) is 34.7. The maximum atomic E-state index is 12.0. The predicted octanol–water partition coefficient (Wildman–Crippen LogP) is 2.88. The molecule has 0 radical (unpaired) electrons. The number of benzene rings is 1. The number of nitro groups is 1. The maximum absolute atomic E-state index is 12.0. The molecule has 2 rings (SSSR count). The van der Waals surface area contributed by atoms with Crippen LogP contribution in [-0.2, 0) is 9.59 Å². The van der Waals surface area contributed by atoms with Crippen LogP contribution in [0.4, 0.5) is 11.4 Å². The van der Waals surface area contributed by atoms with E-state index in [-0.39, 0.29) is 27.7 Å². The first kappa shape index (κ1) is 15.8. The summed E-state index contributed by atoms with van der Waals surface area (Å²) in [5.74, 6) is 0.632. The topological polar surface area (TPSA) is 80.5 Å². The van der Waals surface area contributed by atoms with Gasteiger partial charge in [0.05, 0.1) is 4.92 Å². The van der Waals surface area contributed by atoms with Crippen LogP contribution in [0.2, 0.25) is 5.02 Å². The van der Waals surface area contributed by atoms with Gasteiger partial charge in [0, 0.05) is 37.4 Å². The Morgan fingerprint density at radius 3 is 2.86 bits per heavy atom. The zero-order valence-corrected chi connectivity index (χ0v) is 12.8. The number of carbonyl (C=O) groups is 2. The van der Waals surface area contributed by atoms with Crippen molar-refractivity contribution in [2.45, 2.75) is 13.3 Å². The van der Waals surface area contributed by atoms with E-state index in [4.69, 9.17) is 11.6 Å². The first-order valence-corrected chi connectivity index (χ1v) is 7.62. The molecule has 0 aliphatic carbocycles. The summed E-state index contributed by atoms with van der Waals surface area (Å²) in [5, 5.41) is 10.8. The number of rotatable bonds is 4. The predicted molar refractivity (Wildman–Crippen MR) is 81.7 cm³/mol. The molecule has 1 heterocycles. The highest BCUT2D eigenvalue weighted by molar-refractivity contribution is 8.13. The van der Waals surface area contributed by atoms with Gasteiger partial charge in [-0.05, 0) is 18.1 Å². The Labute approximate surface area is 130 Å². The highest BCUT2D eigenvalue weighted by Crippen LogP contribution is 2.32. The van der Waals surface area contributed by atoms with Crippen LogP contribution in [-0.4, -0.2) is 28.2 Å². The molecule has 1 aromatic carbocycles. The second-order valence-corrected chi connectivity index (χ2v) is 6.37. The van der Waals surface area contributed by atoms with Crippen molar-refractivity contribution < 1.29 is 14.5 Å². The molecule has 1 aliphatic rings. The minimum absolute atomic E-state index is 0.00635. The molecule has 1 unspecified atom stereocenters. The summed E-state index contributed by atoms with van der Waals surface area (Å²) in [6.07, 6.45) is 0.370. The van der Waals surface area contributed by atoms with E-state index in [1.54, 1.807) is 4.90 Å². The first-order valence-electron chi connectivity index (χ1n) is 6.26. The van der Waals surface area contributed by atoms with Crippen molar-refractivity contribution in [3.8, 4) is 0 Å². The van der Waals surface area contributed by atoms with Gasteiger partial charge in [0.2, 0.25) is 5.91 Å². The summed E-state index contributed by atoms with van der Waals surface area (Å²) in [7, 11) is 0. The van der Waals surface area contributed by atoms with E-state index in [9.17, 15) is 19.7 Å². The van der Waals surface area contributed by atoms with Gasteiger partial charge in [-0.1, -0.05) is 23.4 Å². The Bertz CT molecular complexity index is 608. The number of hydrogen-bond acceptors (Lipinski definition) is 5. The largest absolute Gasteiger partial charge is 0.312 e. The van der Waals surface area contributed by atoms with Gasteiger partial charge < -0.3 is 4.90 Å². The lowest BCUT2D eigenvalue weighted by Gasteiger charge is -2.16. The number of hydrogen-bond donors (Lipinski definition) is 0. The lowest BCUT2D eigenvalue weighted by molar-refractivity contribution is -0.384. The highest BCUT2D eigenvalue weighted by atomic mass is 35.5. The van der Waals surface area contributed by atoms with Gasteiger partial charge in [-0.15, -0.1) is 0 Å². The molecule has 8 heteroatoms. The van der Waals surface area contributed by atoms with Gasteiger partial charge in [0.15, 0.2) is 5.12 Å². The lowest BCUT2D eigenvalue weighted by Crippen LogP contribution is -2.24. The van der Waals surface area contributed by atoms with Crippen LogP contribution in [0.1, 0.15) is 13.3 Å². The van der Waals surface area contributed by atoms with E-state index in [1.807, 2.05) is 0 Å². The fourth-order valence-electron chi connectivity index (χ4n) is 2.19. The highest BCUT2D eigenvalue weighted by Gasteiger charge is 2.31. The Morgan fingerprint density at radius 2 is 2.29 bits per heavy atom. The average molecular weight is 329 g/mol. The van der Waals surface area contributed by atoms with Crippen molar-refractivity contribution >= 4 is 45.8 Å². The number of amides is 1. The number of nitro benzene ring substituents is 1. The van der Waals surface area contributed by atoms with Crippen molar-refractivity contribution in [1.29, 1.82) is 0 Å². The molecule has 1 atom stereocenters. The van der Waals surface area contributed by atoms with Crippen LogP contribution in [0.5, 0.6) is 0 Å². The number of anilines is 1. The molecule has 0 bridgehead atoms. The molecule has 1 aliphatic heterocycles. The zero-order valence-electron chi connectivity index (χ0n) is 11.2. The lowest BCUT2D eigenvalue weighted by atomic mass is 10.1. The Morgan fingerprint density at radius 1 is 1.57 bits per heavy atom. The van der Waals surface area contributed by atoms with Gasteiger partial charge in [0.25, 0.3) is 5.69 Å². The molecular formula is C13H13ClN2O4S. The molecule has 0 spiro atoms. The molecule has 1 amide bonds. The second-order valence-electron chi connectivity index (χ2n) is 4.77. The van der Waals surface area contributed by atoms with Crippen LogP contribution in [0.3, 0.4) is 0 Å². The smallest absolute Gasteiger partial charge is 0.288 e. The number of thioether (sulfide) groups is 1. The minimum atomic E-state index is -0.565. The van der Waals surface area contributed by atoms with E-state index >= 15 is 0 Å². The van der Waals surface area contributed by atoms with Gasteiger partial charge in [-0.2, -0.15) is 0 Å². The van der Waals surface area contributed by atoms with Crippen LogP contribution in [0, 0.1) is 16.0 Å². The third-order valence-electron chi connectivity index (χ3n) is 3.17. The quantitative estimate of drug-likeness (QED) is 0.627. The van der Waals surface area contributed by atoms with Crippen molar-refractivity contribution in [2.75, 3.05) is 17.2 Å². The van der Waals surface area contributed by atoms with Crippen molar-refractivity contribution in [2.24, 2.45) is 5.92 Å². The Hall–Kier alpha value is -1.60. The number of carbonyl (C=O) groups excluding carboxylic acids is 2. The minimum Gasteiger partial charge on any atom is -0.312 e.